The zero-order valence-electron chi connectivity index (χ0n) is 12.4. The molecule has 1 aromatic heterocycles. The molecule has 0 aliphatic carbocycles. The van der Waals surface area contributed by atoms with Gasteiger partial charge in [-0.1, -0.05) is 0 Å². The predicted molar refractivity (Wildman–Crippen MR) is 76.1 cm³/mol. The number of nitrogens with zero attached hydrogens (tertiary/aromatic N) is 1. The second-order valence-electron chi connectivity index (χ2n) is 5.44. The minimum Gasteiger partial charge on any atom is -0.465 e. The van der Waals surface area contributed by atoms with E-state index >= 15 is 0 Å². The van der Waals surface area contributed by atoms with Crippen molar-refractivity contribution in [2.75, 3.05) is 27.2 Å². The van der Waals surface area contributed by atoms with Crippen LogP contribution in [0.15, 0.2) is 10.5 Å². The van der Waals surface area contributed by atoms with Gasteiger partial charge in [0.05, 0.1) is 13.2 Å². The number of nitrogens with one attached hydrogen (secondary N) is 1. The Kier molecular flexibility index (Phi) is 5.43. The van der Waals surface area contributed by atoms with Gasteiger partial charge in [0.1, 0.15) is 11.5 Å². The maximum absolute atomic E-state index is 5.80. The van der Waals surface area contributed by atoms with Crippen molar-refractivity contribution in [2.24, 2.45) is 0 Å². The fraction of sp³-hybridized carbons (Fsp3) is 0.733. The third-order valence-corrected chi connectivity index (χ3v) is 3.95. The van der Waals surface area contributed by atoms with Crippen LogP contribution in [-0.4, -0.2) is 38.2 Å². The Morgan fingerprint density at radius 2 is 2.37 bits per heavy atom. The average molecular weight is 266 g/mol. The number of ether oxygens (including phenoxy) is 1. The Hall–Kier alpha value is -0.840. The third-order valence-electron chi connectivity index (χ3n) is 3.95. The number of hydrogen-bond acceptors (Lipinski definition) is 4. The lowest BCUT2D eigenvalue weighted by atomic mass is 10.1. The van der Waals surface area contributed by atoms with Crippen LogP contribution in [0.25, 0.3) is 0 Å². The number of furan rings is 1. The maximum atomic E-state index is 5.80. The van der Waals surface area contributed by atoms with E-state index in [2.05, 4.69) is 23.3 Å². The van der Waals surface area contributed by atoms with Crippen molar-refractivity contribution in [1.82, 2.24) is 10.2 Å². The molecule has 1 aliphatic heterocycles. The molecule has 0 radical (unpaired) electrons. The van der Waals surface area contributed by atoms with Crippen molar-refractivity contribution < 1.29 is 9.15 Å². The van der Waals surface area contributed by atoms with Crippen LogP contribution >= 0.6 is 0 Å². The summed E-state index contributed by atoms with van der Waals surface area (Å²) in [5, 5.41) is 3.09. The zero-order valence-corrected chi connectivity index (χ0v) is 12.4. The molecule has 108 valence electrons. The number of likely N-dealkylation sites (tertiary alicyclic amines) is 1. The third kappa shape index (κ3) is 4.06. The summed E-state index contributed by atoms with van der Waals surface area (Å²) >= 11 is 0. The van der Waals surface area contributed by atoms with Gasteiger partial charge >= 0.3 is 0 Å². The van der Waals surface area contributed by atoms with Crippen LogP contribution in [0.1, 0.15) is 36.3 Å². The van der Waals surface area contributed by atoms with Crippen molar-refractivity contribution in [3.63, 3.8) is 0 Å². The zero-order chi connectivity index (χ0) is 13.7. The molecule has 0 amide bonds. The molecule has 1 fully saturated rings. The van der Waals surface area contributed by atoms with E-state index in [1.54, 1.807) is 0 Å². The first kappa shape index (κ1) is 14.6. The van der Waals surface area contributed by atoms with Crippen molar-refractivity contribution in [3.05, 3.63) is 23.2 Å². The van der Waals surface area contributed by atoms with Crippen molar-refractivity contribution in [2.45, 2.75) is 45.4 Å². The smallest absolute Gasteiger partial charge is 0.118 e. The highest BCUT2D eigenvalue weighted by Gasteiger charge is 2.20. The van der Waals surface area contributed by atoms with E-state index < -0.39 is 0 Å². The van der Waals surface area contributed by atoms with Gasteiger partial charge in [-0.05, 0) is 52.9 Å². The molecule has 1 aromatic rings. The highest BCUT2D eigenvalue weighted by atomic mass is 16.5. The van der Waals surface area contributed by atoms with Gasteiger partial charge in [-0.3, -0.25) is 0 Å². The summed E-state index contributed by atoms with van der Waals surface area (Å²) in [6.07, 6.45) is 3.78. The first-order valence-corrected chi connectivity index (χ1v) is 7.21. The van der Waals surface area contributed by atoms with Crippen molar-refractivity contribution >= 4 is 0 Å². The molecule has 0 saturated carbocycles. The lowest BCUT2D eigenvalue weighted by molar-refractivity contribution is 0.101. The summed E-state index contributed by atoms with van der Waals surface area (Å²) in [4.78, 5) is 2.44. The number of aryl methyl sites for hydroxylation is 1. The Morgan fingerprint density at radius 3 is 3.05 bits per heavy atom. The molecule has 1 aliphatic rings. The molecule has 1 unspecified atom stereocenters. The molecular weight excluding hydrogens is 240 g/mol. The van der Waals surface area contributed by atoms with Gasteiger partial charge < -0.3 is 19.4 Å². The summed E-state index contributed by atoms with van der Waals surface area (Å²) < 4.78 is 11.4. The second-order valence-corrected chi connectivity index (χ2v) is 5.44. The van der Waals surface area contributed by atoms with E-state index in [1.165, 1.54) is 24.9 Å². The van der Waals surface area contributed by atoms with Crippen LogP contribution in [0.2, 0.25) is 0 Å². The summed E-state index contributed by atoms with van der Waals surface area (Å²) in [7, 11) is 4.13. The molecule has 2 heterocycles. The van der Waals surface area contributed by atoms with Crippen molar-refractivity contribution in [1.29, 1.82) is 0 Å². The van der Waals surface area contributed by atoms with Gasteiger partial charge in [0, 0.05) is 18.2 Å². The Bertz CT molecular complexity index is 389. The molecule has 0 spiro atoms. The first-order valence-electron chi connectivity index (χ1n) is 7.21. The van der Waals surface area contributed by atoms with Gasteiger partial charge in [0.25, 0.3) is 0 Å². The molecule has 0 bridgehead atoms. The van der Waals surface area contributed by atoms with E-state index in [9.17, 15) is 0 Å². The fourth-order valence-electron chi connectivity index (χ4n) is 2.74. The van der Waals surface area contributed by atoms with Gasteiger partial charge in [-0.2, -0.15) is 0 Å². The Balaban J connectivity index is 1.70. The second kappa shape index (κ2) is 7.08. The van der Waals surface area contributed by atoms with E-state index in [1.807, 2.05) is 14.0 Å². The monoisotopic (exact) mass is 266 g/mol. The van der Waals surface area contributed by atoms with Gasteiger partial charge in [-0.25, -0.2) is 0 Å². The Labute approximate surface area is 116 Å². The average Bonchev–Trinajstić information content (AvgIpc) is 2.93. The Morgan fingerprint density at radius 1 is 1.53 bits per heavy atom. The van der Waals surface area contributed by atoms with E-state index in [-0.39, 0.29) is 0 Å². The van der Waals surface area contributed by atoms with Gasteiger partial charge in [0.15, 0.2) is 0 Å². The number of hydrogen-bond donors (Lipinski definition) is 1. The highest BCUT2D eigenvalue weighted by molar-refractivity contribution is 5.19. The molecule has 1 N–H and O–H groups in total. The standard InChI is InChI=1S/C15H26N2O2/c1-12-13(9-15(19-12)10-16-2)11-18-8-6-14-5-4-7-17(14)3/h9,14,16H,4-8,10-11H2,1-3H3. The van der Waals surface area contributed by atoms with Crippen LogP contribution in [0.3, 0.4) is 0 Å². The number of rotatable bonds is 7. The molecule has 1 saturated heterocycles. The topological polar surface area (TPSA) is 37.6 Å². The summed E-state index contributed by atoms with van der Waals surface area (Å²) in [5.74, 6) is 1.96. The minimum atomic E-state index is 0.662. The maximum Gasteiger partial charge on any atom is 0.118 e. The van der Waals surface area contributed by atoms with Crippen molar-refractivity contribution in [3.8, 4) is 0 Å². The van der Waals surface area contributed by atoms with E-state index in [4.69, 9.17) is 9.15 Å². The summed E-state index contributed by atoms with van der Waals surface area (Å²) in [5.41, 5.74) is 1.17. The summed E-state index contributed by atoms with van der Waals surface area (Å²) in [6.45, 7) is 5.51. The lowest BCUT2D eigenvalue weighted by Gasteiger charge is -2.18. The molecule has 0 aromatic carbocycles. The molecule has 19 heavy (non-hydrogen) atoms. The summed E-state index contributed by atoms with van der Waals surface area (Å²) in [6, 6.07) is 2.80. The molecule has 2 rings (SSSR count). The molecule has 4 heteroatoms. The molecule has 1 atom stereocenters. The van der Waals surface area contributed by atoms with Crippen LogP contribution in [0.5, 0.6) is 0 Å². The highest BCUT2D eigenvalue weighted by Crippen LogP contribution is 2.19. The van der Waals surface area contributed by atoms with E-state index in [0.717, 1.165) is 31.1 Å². The van der Waals surface area contributed by atoms with E-state index in [0.29, 0.717) is 12.6 Å². The predicted octanol–water partition coefficient (Wildman–Crippen LogP) is 2.31. The lowest BCUT2D eigenvalue weighted by Crippen LogP contribution is -2.26. The minimum absolute atomic E-state index is 0.662. The van der Waals surface area contributed by atoms with Gasteiger partial charge in [-0.15, -0.1) is 0 Å². The molecular formula is C15H26N2O2. The normalized spacial score (nSPS) is 20.3. The fourth-order valence-corrected chi connectivity index (χ4v) is 2.74. The van der Waals surface area contributed by atoms with Crippen LogP contribution < -0.4 is 5.32 Å². The SMILES string of the molecule is CNCc1cc(COCCC2CCCN2C)c(C)o1. The first-order chi connectivity index (χ1) is 9.20. The quantitative estimate of drug-likeness (QED) is 0.769. The van der Waals surface area contributed by atoms with Gasteiger partial charge in [0.2, 0.25) is 0 Å². The van der Waals surface area contributed by atoms with Crippen LogP contribution in [0.4, 0.5) is 0 Å². The van der Waals surface area contributed by atoms with Crippen LogP contribution in [0, 0.1) is 6.92 Å². The van der Waals surface area contributed by atoms with Crippen LogP contribution in [-0.2, 0) is 17.9 Å². The largest absolute Gasteiger partial charge is 0.465 e. The molecule has 4 nitrogen and oxygen atoms in total.